The molecule has 76 valence electrons. The van der Waals surface area contributed by atoms with Crippen LogP contribution in [0.25, 0.3) is 0 Å². The molecule has 0 aromatic carbocycles. The minimum atomic E-state index is 0.404. The van der Waals surface area contributed by atoms with Crippen molar-refractivity contribution in [2.24, 2.45) is 11.7 Å². The molecule has 1 aliphatic rings. The van der Waals surface area contributed by atoms with Crippen LogP contribution in [-0.2, 0) is 0 Å². The summed E-state index contributed by atoms with van der Waals surface area (Å²) in [4.78, 5) is 4.15. The normalized spacial score (nSPS) is 25.6. The summed E-state index contributed by atoms with van der Waals surface area (Å²) in [5.41, 5.74) is 5.70. The lowest BCUT2D eigenvalue weighted by atomic mass is 9.81. The largest absolute Gasteiger partial charge is 0.369 e. The molecule has 3 nitrogen and oxygen atoms in total. The molecule has 14 heavy (non-hydrogen) atoms. The molecule has 1 aromatic heterocycles. The van der Waals surface area contributed by atoms with Crippen LogP contribution in [0, 0.1) is 5.92 Å². The summed E-state index contributed by atoms with van der Waals surface area (Å²) in [6.07, 6.45) is 3.95. The second-order valence-corrected chi connectivity index (χ2v) is 4.22. The molecule has 1 aliphatic carbocycles. The average Bonchev–Trinajstić information content (AvgIpc) is 2.13. The summed E-state index contributed by atoms with van der Waals surface area (Å²) in [6.45, 7) is 0.921. The van der Waals surface area contributed by atoms with Gasteiger partial charge in [-0.05, 0) is 30.9 Å². The fourth-order valence-electron chi connectivity index (χ4n) is 1.71. The third kappa shape index (κ3) is 2.16. The monoisotopic (exact) mass is 211 g/mol. The molecule has 3 N–H and O–H groups in total. The maximum atomic E-state index is 5.95. The van der Waals surface area contributed by atoms with Crippen LogP contribution in [0.3, 0.4) is 0 Å². The van der Waals surface area contributed by atoms with E-state index in [1.807, 2.05) is 12.1 Å². The van der Waals surface area contributed by atoms with Gasteiger partial charge >= 0.3 is 0 Å². The van der Waals surface area contributed by atoms with Crippen LogP contribution in [0.4, 0.5) is 5.82 Å². The van der Waals surface area contributed by atoms with E-state index in [1.54, 1.807) is 6.20 Å². The van der Waals surface area contributed by atoms with Crippen LogP contribution < -0.4 is 11.1 Å². The number of aromatic nitrogens is 1. The summed E-state index contributed by atoms with van der Waals surface area (Å²) in [6, 6.07) is 4.07. The highest BCUT2D eigenvalue weighted by molar-refractivity contribution is 6.32. The Morgan fingerprint density at radius 1 is 1.57 bits per heavy atom. The molecule has 4 heteroatoms. The second kappa shape index (κ2) is 4.15. The molecule has 0 unspecified atom stereocenters. The standard InChI is InChI=1S/C10H14ClN3/c11-9-2-1-3-13-10(9)14-6-7-4-8(12)5-7/h1-3,7-8H,4-6,12H2,(H,13,14). The molecule has 0 aliphatic heterocycles. The van der Waals surface area contributed by atoms with E-state index in [-0.39, 0.29) is 0 Å². The number of nitrogens with zero attached hydrogens (tertiary/aromatic N) is 1. The van der Waals surface area contributed by atoms with Crippen molar-refractivity contribution in [3.8, 4) is 0 Å². The van der Waals surface area contributed by atoms with Gasteiger partial charge in [-0.3, -0.25) is 0 Å². The van der Waals surface area contributed by atoms with E-state index in [4.69, 9.17) is 17.3 Å². The highest BCUT2D eigenvalue weighted by atomic mass is 35.5. The zero-order chi connectivity index (χ0) is 9.97. The number of nitrogens with two attached hydrogens (primary N) is 1. The van der Waals surface area contributed by atoms with Crippen LogP contribution in [0.1, 0.15) is 12.8 Å². The maximum absolute atomic E-state index is 5.95. The highest BCUT2D eigenvalue weighted by Gasteiger charge is 2.25. The molecule has 0 spiro atoms. The number of halogens is 1. The minimum Gasteiger partial charge on any atom is -0.369 e. The van der Waals surface area contributed by atoms with Gasteiger partial charge in [-0.15, -0.1) is 0 Å². The lowest BCUT2D eigenvalue weighted by molar-refractivity contribution is 0.280. The van der Waals surface area contributed by atoms with Crippen molar-refractivity contribution in [2.45, 2.75) is 18.9 Å². The van der Waals surface area contributed by atoms with E-state index in [0.29, 0.717) is 17.0 Å². The van der Waals surface area contributed by atoms with Gasteiger partial charge in [-0.25, -0.2) is 4.98 Å². The molecule has 1 heterocycles. The van der Waals surface area contributed by atoms with Crippen molar-refractivity contribution in [3.05, 3.63) is 23.4 Å². The molecule has 1 saturated carbocycles. The topological polar surface area (TPSA) is 50.9 Å². The lowest BCUT2D eigenvalue weighted by Gasteiger charge is -2.32. The molecule has 1 aromatic rings. The Balaban J connectivity index is 1.83. The van der Waals surface area contributed by atoms with Crippen LogP contribution in [0.5, 0.6) is 0 Å². The van der Waals surface area contributed by atoms with Gasteiger partial charge in [0.25, 0.3) is 0 Å². The fourth-order valence-corrected chi connectivity index (χ4v) is 1.90. The van der Waals surface area contributed by atoms with Gasteiger partial charge in [0.05, 0.1) is 5.02 Å². The molecule has 2 rings (SSSR count). The summed E-state index contributed by atoms with van der Waals surface area (Å²) in [7, 11) is 0. The van der Waals surface area contributed by atoms with Gasteiger partial charge in [0.1, 0.15) is 5.82 Å². The Bertz CT molecular complexity index is 310. The van der Waals surface area contributed by atoms with E-state index in [0.717, 1.165) is 25.2 Å². The van der Waals surface area contributed by atoms with Gasteiger partial charge in [0, 0.05) is 18.8 Å². The number of pyridine rings is 1. The highest BCUT2D eigenvalue weighted by Crippen LogP contribution is 2.26. The van der Waals surface area contributed by atoms with E-state index in [9.17, 15) is 0 Å². The van der Waals surface area contributed by atoms with Crippen LogP contribution >= 0.6 is 11.6 Å². The Morgan fingerprint density at radius 2 is 2.36 bits per heavy atom. The van der Waals surface area contributed by atoms with Crippen molar-refractivity contribution >= 4 is 17.4 Å². The Hall–Kier alpha value is -0.800. The van der Waals surface area contributed by atoms with Crippen molar-refractivity contribution < 1.29 is 0 Å². The van der Waals surface area contributed by atoms with Gasteiger partial charge in [0.2, 0.25) is 0 Å². The average molecular weight is 212 g/mol. The summed E-state index contributed by atoms with van der Waals surface area (Å²) in [5.74, 6) is 1.46. The number of anilines is 1. The number of rotatable bonds is 3. The SMILES string of the molecule is NC1CC(CNc2ncccc2Cl)C1. The molecule has 1 fully saturated rings. The van der Waals surface area contributed by atoms with E-state index in [2.05, 4.69) is 10.3 Å². The van der Waals surface area contributed by atoms with Crippen molar-refractivity contribution in [3.63, 3.8) is 0 Å². The summed E-state index contributed by atoms with van der Waals surface area (Å²) < 4.78 is 0. The number of hydrogen-bond acceptors (Lipinski definition) is 3. The van der Waals surface area contributed by atoms with Crippen LogP contribution in [0.15, 0.2) is 18.3 Å². The molecule has 0 radical (unpaired) electrons. The quantitative estimate of drug-likeness (QED) is 0.803. The van der Waals surface area contributed by atoms with Gasteiger partial charge in [-0.1, -0.05) is 11.6 Å². The Labute approximate surface area is 88.7 Å². The Morgan fingerprint density at radius 3 is 3.00 bits per heavy atom. The van der Waals surface area contributed by atoms with Crippen molar-refractivity contribution in [2.75, 3.05) is 11.9 Å². The minimum absolute atomic E-state index is 0.404. The van der Waals surface area contributed by atoms with Gasteiger partial charge < -0.3 is 11.1 Å². The summed E-state index contributed by atoms with van der Waals surface area (Å²) in [5, 5.41) is 3.91. The maximum Gasteiger partial charge on any atom is 0.144 e. The van der Waals surface area contributed by atoms with Crippen molar-refractivity contribution in [1.82, 2.24) is 4.98 Å². The first kappa shape index (κ1) is 9.74. The zero-order valence-electron chi connectivity index (χ0n) is 7.91. The molecule has 0 bridgehead atoms. The number of nitrogens with one attached hydrogen (secondary N) is 1. The second-order valence-electron chi connectivity index (χ2n) is 3.81. The molecule has 0 atom stereocenters. The third-order valence-electron chi connectivity index (χ3n) is 2.59. The summed E-state index contributed by atoms with van der Waals surface area (Å²) >= 11 is 5.95. The van der Waals surface area contributed by atoms with Gasteiger partial charge in [-0.2, -0.15) is 0 Å². The van der Waals surface area contributed by atoms with E-state index >= 15 is 0 Å². The first-order valence-electron chi connectivity index (χ1n) is 4.85. The Kier molecular flexibility index (Phi) is 2.89. The first-order chi connectivity index (χ1) is 6.75. The lowest BCUT2D eigenvalue weighted by Crippen LogP contribution is -2.39. The predicted octanol–water partition coefficient (Wildman–Crippen LogP) is 1.88. The van der Waals surface area contributed by atoms with E-state index in [1.165, 1.54) is 0 Å². The predicted molar refractivity (Wildman–Crippen MR) is 58.4 cm³/mol. The molecule has 0 saturated heterocycles. The molecular weight excluding hydrogens is 198 g/mol. The molecular formula is C10H14ClN3. The van der Waals surface area contributed by atoms with Crippen LogP contribution in [0.2, 0.25) is 5.02 Å². The van der Waals surface area contributed by atoms with Crippen LogP contribution in [-0.4, -0.2) is 17.6 Å². The molecule has 0 amide bonds. The van der Waals surface area contributed by atoms with Gasteiger partial charge in [0.15, 0.2) is 0 Å². The van der Waals surface area contributed by atoms with E-state index < -0.39 is 0 Å². The fraction of sp³-hybridized carbons (Fsp3) is 0.500. The third-order valence-corrected chi connectivity index (χ3v) is 2.89. The number of hydrogen-bond donors (Lipinski definition) is 2. The van der Waals surface area contributed by atoms with Crippen molar-refractivity contribution in [1.29, 1.82) is 0 Å². The smallest absolute Gasteiger partial charge is 0.144 e. The zero-order valence-corrected chi connectivity index (χ0v) is 8.67. The first-order valence-corrected chi connectivity index (χ1v) is 5.23.